The van der Waals surface area contributed by atoms with Crippen molar-refractivity contribution in [2.75, 3.05) is 0 Å². The molecule has 1 heterocycles. The molecule has 0 bridgehead atoms. The van der Waals surface area contributed by atoms with Crippen LogP contribution in [0.1, 0.15) is 0 Å². The van der Waals surface area contributed by atoms with Gasteiger partial charge in [-0.15, -0.1) is 0 Å². The quantitative estimate of drug-likeness (QED) is 0.618. The molecule has 0 aliphatic rings. The molecule has 0 spiro atoms. The Morgan fingerprint density at radius 2 is 0.882 bits per heavy atom. The molecule has 3 rings (SSSR count). The van der Waals surface area contributed by atoms with Gasteiger partial charge in [-0.3, -0.25) is 0 Å². The van der Waals surface area contributed by atoms with Crippen LogP contribution in [0.25, 0.3) is 0 Å². The topological polar surface area (TPSA) is 28.7 Å². The smallest absolute Gasteiger partial charge is 0.0919 e. The SMILES string of the molecule is c1c[nH]cn1.c1ccccc1.c1ccccc1. The van der Waals surface area contributed by atoms with Gasteiger partial charge in [-0.25, -0.2) is 4.98 Å². The summed E-state index contributed by atoms with van der Waals surface area (Å²) in [6, 6.07) is 24.0. The molecule has 0 saturated carbocycles. The van der Waals surface area contributed by atoms with E-state index in [2.05, 4.69) is 9.97 Å². The fraction of sp³-hybridized carbons (Fsp3) is 0. The molecule has 1 N–H and O–H groups in total. The van der Waals surface area contributed by atoms with Crippen LogP contribution in [-0.2, 0) is 0 Å². The molecule has 0 atom stereocenters. The molecule has 86 valence electrons. The lowest BCUT2D eigenvalue weighted by Gasteiger charge is -1.69. The van der Waals surface area contributed by atoms with Crippen molar-refractivity contribution in [1.82, 2.24) is 9.97 Å². The number of aromatic nitrogens is 2. The first-order valence-corrected chi connectivity index (χ1v) is 5.43. The van der Waals surface area contributed by atoms with Gasteiger partial charge in [0, 0.05) is 12.4 Å². The zero-order valence-corrected chi connectivity index (χ0v) is 9.61. The summed E-state index contributed by atoms with van der Waals surface area (Å²) in [7, 11) is 0. The first kappa shape index (κ1) is 12.7. The minimum absolute atomic E-state index is 1.62. The molecule has 2 heteroatoms. The van der Waals surface area contributed by atoms with Gasteiger partial charge in [-0.2, -0.15) is 0 Å². The maximum atomic E-state index is 3.67. The number of nitrogens with zero attached hydrogens (tertiary/aromatic N) is 1. The summed E-state index contributed by atoms with van der Waals surface area (Å²) >= 11 is 0. The number of rotatable bonds is 0. The van der Waals surface area contributed by atoms with E-state index in [1.807, 2.05) is 72.8 Å². The van der Waals surface area contributed by atoms with Crippen LogP contribution < -0.4 is 0 Å². The van der Waals surface area contributed by atoms with Crippen LogP contribution in [0.15, 0.2) is 91.5 Å². The van der Waals surface area contributed by atoms with E-state index in [4.69, 9.17) is 0 Å². The fourth-order valence-electron chi connectivity index (χ4n) is 0.985. The van der Waals surface area contributed by atoms with E-state index in [0.717, 1.165) is 0 Å². The third kappa shape index (κ3) is 8.63. The summed E-state index contributed by atoms with van der Waals surface area (Å²) in [5.74, 6) is 0. The predicted molar refractivity (Wildman–Crippen MR) is 71.5 cm³/mol. The van der Waals surface area contributed by atoms with Crippen LogP contribution in [0, 0.1) is 0 Å². The minimum Gasteiger partial charge on any atom is -0.351 e. The highest BCUT2D eigenvalue weighted by molar-refractivity contribution is 4.99. The molecular weight excluding hydrogens is 208 g/mol. The van der Waals surface area contributed by atoms with Crippen LogP contribution in [0.2, 0.25) is 0 Å². The van der Waals surface area contributed by atoms with Gasteiger partial charge in [0.1, 0.15) is 0 Å². The van der Waals surface area contributed by atoms with E-state index in [1.165, 1.54) is 0 Å². The van der Waals surface area contributed by atoms with Crippen molar-refractivity contribution >= 4 is 0 Å². The molecule has 0 amide bonds. The normalized spacial score (nSPS) is 8.00. The van der Waals surface area contributed by atoms with E-state index in [9.17, 15) is 0 Å². The molecule has 0 aliphatic carbocycles. The van der Waals surface area contributed by atoms with Crippen LogP contribution >= 0.6 is 0 Å². The van der Waals surface area contributed by atoms with Gasteiger partial charge in [0.15, 0.2) is 0 Å². The Morgan fingerprint density at radius 3 is 1.00 bits per heavy atom. The summed E-state index contributed by atoms with van der Waals surface area (Å²) in [5.41, 5.74) is 0. The summed E-state index contributed by atoms with van der Waals surface area (Å²) < 4.78 is 0. The highest BCUT2D eigenvalue weighted by Crippen LogP contribution is 1.80. The van der Waals surface area contributed by atoms with Crippen molar-refractivity contribution in [2.45, 2.75) is 0 Å². The standard InChI is InChI=1S/2C6H6.C3H4N2/c2*1-2-4-6-5-3-1;1-2-5-3-4-1/h2*1-6H;1-3H,(H,4,5). The van der Waals surface area contributed by atoms with E-state index >= 15 is 0 Å². The van der Waals surface area contributed by atoms with E-state index < -0.39 is 0 Å². The van der Waals surface area contributed by atoms with Crippen LogP contribution in [0.5, 0.6) is 0 Å². The highest BCUT2D eigenvalue weighted by atomic mass is 14.8. The van der Waals surface area contributed by atoms with Crippen LogP contribution in [-0.4, -0.2) is 9.97 Å². The first-order valence-electron chi connectivity index (χ1n) is 5.43. The summed E-state index contributed by atoms with van der Waals surface area (Å²) in [6.45, 7) is 0. The lowest BCUT2D eigenvalue weighted by molar-refractivity contribution is 1.31. The van der Waals surface area contributed by atoms with E-state index in [0.29, 0.717) is 0 Å². The van der Waals surface area contributed by atoms with Gasteiger partial charge < -0.3 is 4.98 Å². The Kier molecular flexibility index (Phi) is 7.61. The Balaban J connectivity index is 0.000000128. The average Bonchev–Trinajstić information content (AvgIpc) is 3.03. The zero-order valence-electron chi connectivity index (χ0n) is 9.61. The number of aromatic amines is 1. The van der Waals surface area contributed by atoms with Crippen molar-refractivity contribution < 1.29 is 0 Å². The lowest BCUT2D eigenvalue weighted by Crippen LogP contribution is -1.47. The van der Waals surface area contributed by atoms with E-state index in [-0.39, 0.29) is 0 Å². The third-order valence-electron chi connectivity index (χ3n) is 1.74. The zero-order chi connectivity index (χ0) is 12.0. The minimum atomic E-state index is 1.62. The second-order valence-corrected chi connectivity index (χ2v) is 3.07. The average molecular weight is 224 g/mol. The van der Waals surface area contributed by atoms with Gasteiger partial charge in [0.2, 0.25) is 0 Å². The Bertz CT molecular complexity index is 319. The molecule has 1 aromatic heterocycles. The lowest BCUT2D eigenvalue weighted by atomic mass is 10.4. The second kappa shape index (κ2) is 10.2. The molecule has 0 radical (unpaired) electrons. The maximum absolute atomic E-state index is 3.67. The number of hydrogen-bond donors (Lipinski definition) is 1. The molecule has 0 aliphatic heterocycles. The number of hydrogen-bond acceptors (Lipinski definition) is 1. The number of nitrogens with one attached hydrogen (secondary N) is 1. The Hall–Kier alpha value is -2.35. The van der Waals surface area contributed by atoms with Crippen molar-refractivity contribution in [2.24, 2.45) is 0 Å². The molecule has 17 heavy (non-hydrogen) atoms. The third-order valence-corrected chi connectivity index (χ3v) is 1.74. The van der Waals surface area contributed by atoms with Crippen molar-refractivity contribution in [3.63, 3.8) is 0 Å². The molecular formula is C15H16N2. The number of imidazole rings is 1. The van der Waals surface area contributed by atoms with Crippen molar-refractivity contribution in [3.8, 4) is 0 Å². The molecule has 0 saturated heterocycles. The fourth-order valence-corrected chi connectivity index (χ4v) is 0.985. The molecule has 0 unspecified atom stereocenters. The van der Waals surface area contributed by atoms with Gasteiger partial charge in [-0.1, -0.05) is 72.8 Å². The Labute approximate surface area is 102 Å². The summed E-state index contributed by atoms with van der Waals surface area (Å²) in [5, 5.41) is 0. The molecule has 3 aromatic rings. The van der Waals surface area contributed by atoms with Gasteiger partial charge in [0.25, 0.3) is 0 Å². The number of benzene rings is 2. The summed E-state index contributed by atoms with van der Waals surface area (Å²) in [4.78, 5) is 6.42. The van der Waals surface area contributed by atoms with E-state index in [1.54, 1.807) is 18.7 Å². The van der Waals surface area contributed by atoms with Crippen molar-refractivity contribution in [3.05, 3.63) is 91.5 Å². The monoisotopic (exact) mass is 224 g/mol. The second-order valence-electron chi connectivity index (χ2n) is 3.07. The number of H-pyrrole nitrogens is 1. The van der Waals surface area contributed by atoms with Gasteiger partial charge in [0.05, 0.1) is 6.33 Å². The largest absolute Gasteiger partial charge is 0.351 e. The maximum Gasteiger partial charge on any atom is 0.0919 e. The highest BCUT2D eigenvalue weighted by Gasteiger charge is 1.58. The summed E-state index contributed by atoms with van der Waals surface area (Å²) in [6.07, 6.45) is 5.08. The van der Waals surface area contributed by atoms with Crippen molar-refractivity contribution in [1.29, 1.82) is 0 Å². The van der Waals surface area contributed by atoms with Gasteiger partial charge in [-0.05, 0) is 0 Å². The Morgan fingerprint density at radius 1 is 0.529 bits per heavy atom. The molecule has 2 aromatic carbocycles. The van der Waals surface area contributed by atoms with Crippen LogP contribution in [0.4, 0.5) is 0 Å². The van der Waals surface area contributed by atoms with Gasteiger partial charge >= 0.3 is 0 Å². The predicted octanol–water partition coefficient (Wildman–Crippen LogP) is 3.78. The molecule has 2 nitrogen and oxygen atoms in total. The van der Waals surface area contributed by atoms with Crippen LogP contribution in [0.3, 0.4) is 0 Å². The first-order chi connectivity index (χ1) is 8.50. The molecule has 0 fully saturated rings.